The van der Waals surface area contributed by atoms with Crippen LogP contribution in [0.25, 0.3) is 11.3 Å². The van der Waals surface area contributed by atoms with E-state index in [-0.39, 0.29) is 11.2 Å². The zero-order chi connectivity index (χ0) is 19.9. The third-order valence-corrected chi connectivity index (χ3v) is 5.62. The average molecular weight is 375 g/mol. The normalized spacial score (nSPS) is 18.0. The van der Waals surface area contributed by atoms with E-state index in [0.717, 1.165) is 18.5 Å². The number of aromatic amines is 1. The Kier molecular flexibility index (Phi) is 4.41. The zero-order valence-electron chi connectivity index (χ0n) is 16.4. The van der Waals surface area contributed by atoms with E-state index in [9.17, 15) is 4.79 Å². The minimum atomic E-state index is -0.582. The van der Waals surface area contributed by atoms with E-state index in [1.165, 1.54) is 16.8 Å². The molecule has 1 aliphatic rings. The van der Waals surface area contributed by atoms with Crippen molar-refractivity contribution in [2.45, 2.75) is 45.2 Å². The molecule has 0 spiro atoms. The van der Waals surface area contributed by atoms with E-state index < -0.39 is 5.91 Å². The maximum absolute atomic E-state index is 11.6. The van der Waals surface area contributed by atoms with E-state index in [1.807, 2.05) is 12.1 Å². The zero-order valence-corrected chi connectivity index (χ0v) is 16.4. The van der Waals surface area contributed by atoms with Gasteiger partial charge in [0.2, 0.25) is 0 Å². The number of carbonyl (C=O) groups is 1. The molecule has 1 unspecified atom stereocenters. The Morgan fingerprint density at radius 2 is 1.96 bits per heavy atom. The SMILES string of the molecule is CC1CC(C)(C)N(Cc2ccccc2)c2ccc(-c3n[nH]nc3C(N)=O)cc21. The molecular weight excluding hydrogens is 350 g/mol. The van der Waals surface area contributed by atoms with Crippen LogP contribution in [0.5, 0.6) is 0 Å². The topological polar surface area (TPSA) is 87.9 Å². The number of fused-ring (bicyclic) bond motifs is 1. The Morgan fingerprint density at radius 3 is 2.68 bits per heavy atom. The van der Waals surface area contributed by atoms with Gasteiger partial charge >= 0.3 is 0 Å². The monoisotopic (exact) mass is 375 g/mol. The largest absolute Gasteiger partial charge is 0.364 e. The molecule has 2 aromatic carbocycles. The first-order chi connectivity index (χ1) is 13.4. The predicted octanol–water partition coefficient (Wildman–Crippen LogP) is 3.86. The first kappa shape index (κ1) is 18.2. The summed E-state index contributed by atoms with van der Waals surface area (Å²) in [7, 11) is 0. The van der Waals surface area contributed by atoms with Crippen molar-refractivity contribution < 1.29 is 4.79 Å². The lowest BCUT2D eigenvalue weighted by Gasteiger charge is -2.47. The Balaban J connectivity index is 1.78. The van der Waals surface area contributed by atoms with Gasteiger partial charge in [-0.1, -0.05) is 43.3 Å². The van der Waals surface area contributed by atoms with Crippen molar-refractivity contribution in [2.75, 3.05) is 4.90 Å². The Hall–Kier alpha value is -3.15. The van der Waals surface area contributed by atoms with Gasteiger partial charge in [0.05, 0.1) is 0 Å². The quantitative estimate of drug-likeness (QED) is 0.725. The second-order valence-corrected chi connectivity index (χ2v) is 8.15. The Bertz CT molecular complexity index is 1010. The smallest absolute Gasteiger partial charge is 0.271 e. The summed E-state index contributed by atoms with van der Waals surface area (Å²) in [5.41, 5.74) is 10.8. The number of nitrogens with one attached hydrogen (secondary N) is 1. The van der Waals surface area contributed by atoms with Crippen LogP contribution in [0.3, 0.4) is 0 Å². The minimum Gasteiger partial charge on any atom is -0.364 e. The van der Waals surface area contributed by atoms with Crippen molar-refractivity contribution in [3.05, 3.63) is 65.4 Å². The van der Waals surface area contributed by atoms with E-state index in [2.05, 4.69) is 77.5 Å². The molecule has 1 atom stereocenters. The van der Waals surface area contributed by atoms with Gasteiger partial charge in [-0.3, -0.25) is 4.79 Å². The van der Waals surface area contributed by atoms with Crippen LogP contribution < -0.4 is 10.6 Å². The molecule has 144 valence electrons. The number of nitrogens with two attached hydrogens (primary N) is 1. The molecule has 0 fully saturated rings. The molecule has 3 aromatic rings. The van der Waals surface area contributed by atoms with Gasteiger partial charge in [-0.2, -0.15) is 15.4 Å². The number of H-pyrrole nitrogens is 1. The molecule has 6 heteroatoms. The molecule has 1 aliphatic heterocycles. The van der Waals surface area contributed by atoms with Crippen LogP contribution >= 0.6 is 0 Å². The summed E-state index contributed by atoms with van der Waals surface area (Å²) in [4.78, 5) is 14.1. The second-order valence-electron chi connectivity index (χ2n) is 8.15. The molecule has 0 bridgehead atoms. The molecule has 0 aliphatic carbocycles. The average Bonchev–Trinajstić information content (AvgIpc) is 3.15. The first-order valence-corrected chi connectivity index (χ1v) is 9.53. The summed E-state index contributed by atoms with van der Waals surface area (Å²) in [5.74, 6) is -0.192. The molecule has 0 saturated carbocycles. The van der Waals surface area contributed by atoms with Crippen molar-refractivity contribution in [1.82, 2.24) is 15.4 Å². The molecule has 1 amide bonds. The Labute approximate surface area is 164 Å². The van der Waals surface area contributed by atoms with Crippen LogP contribution in [0.4, 0.5) is 5.69 Å². The molecule has 6 nitrogen and oxygen atoms in total. The number of rotatable bonds is 4. The van der Waals surface area contributed by atoms with E-state index >= 15 is 0 Å². The highest BCUT2D eigenvalue weighted by molar-refractivity contribution is 5.96. The predicted molar refractivity (Wildman–Crippen MR) is 110 cm³/mol. The molecule has 4 rings (SSSR count). The minimum absolute atomic E-state index is 0.0377. The van der Waals surface area contributed by atoms with Crippen molar-refractivity contribution >= 4 is 11.6 Å². The van der Waals surface area contributed by atoms with E-state index in [0.29, 0.717) is 11.6 Å². The van der Waals surface area contributed by atoms with Gasteiger partial charge in [0, 0.05) is 23.3 Å². The van der Waals surface area contributed by atoms with Crippen molar-refractivity contribution in [2.24, 2.45) is 5.73 Å². The van der Waals surface area contributed by atoms with Gasteiger partial charge in [-0.15, -0.1) is 0 Å². The third-order valence-electron chi connectivity index (χ3n) is 5.62. The summed E-state index contributed by atoms with van der Waals surface area (Å²) < 4.78 is 0. The first-order valence-electron chi connectivity index (χ1n) is 9.53. The van der Waals surface area contributed by atoms with Crippen LogP contribution in [0.15, 0.2) is 48.5 Å². The van der Waals surface area contributed by atoms with Crippen LogP contribution in [-0.2, 0) is 6.54 Å². The number of nitrogens with zero attached hydrogens (tertiary/aromatic N) is 3. The highest BCUT2D eigenvalue weighted by Gasteiger charge is 2.36. The fourth-order valence-electron chi connectivity index (χ4n) is 4.31. The maximum Gasteiger partial charge on any atom is 0.271 e. The van der Waals surface area contributed by atoms with Gasteiger partial charge in [0.25, 0.3) is 5.91 Å². The number of hydrogen-bond donors (Lipinski definition) is 2. The summed E-state index contributed by atoms with van der Waals surface area (Å²) in [6.07, 6.45) is 1.04. The second kappa shape index (κ2) is 6.78. The highest BCUT2D eigenvalue weighted by atomic mass is 16.1. The number of carbonyl (C=O) groups excluding carboxylic acids is 1. The highest BCUT2D eigenvalue weighted by Crippen LogP contribution is 2.45. The number of anilines is 1. The van der Waals surface area contributed by atoms with Gasteiger partial charge in [0.15, 0.2) is 5.69 Å². The molecule has 0 saturated heterocycles. The number of amides is 1. The van der Waals surface area contributed by atoms with Crippen LogP contribution in [0.1, 0.15) is 54.7 Å². The summed E-state index contributed by atoms with van der Waals surface area (Å²) >= 11 is 0. The lowest BCUT2D eigenvalue weighted by Crippen LogP contribution is -2.47. The molecule has 0 radical (unpaired) electrons. The summed E-state index contributed by atoms with van der Waals surface area (Å²) in [5, 5.41) is 10.6. The van der Waals surface area contributed by atoms with Gasteiger partial charge in [-0.05, 0) is 49.4 Å². The summed E-state index contributed by atoms with van der Waals surface area (Å²) in [6.45, 7) is 7.70. The summed E-state index contributed by atoms with van der Waals surface area (Å²) in [6, 6.07) is 16.8. The fourth-order valence-corrected chi connectivity index (χ4v) is 4.31. The van der Waals surface area contributed by atoms with Crippen LogP contribution in [0, 0.1) is 0 Å². The van der Waals surface area contributed by atoms with Crippen LogP contribution in [0.2, 0.25) is 0 Å². The van der Waals surface area contributed by atoms with Gasteiger partial charge in [-0.25, -0.2) is 0 Å². The van der Waals surface area contributed by atoms with Crippen molar-refractivity contribution in [3.63, 3.8) is 0 Å². The van der Waals surface area contributed by atoms with Gasteiger partial charge < -0.3 is 10.6 Å². The molecular formula is C22H25N5O. The molecule has 2 heterocycles. The Morgan fingerprint density at radius 1 is 1.21 bits per heavy atom. The lowest BCUT2D eigenvalue weighted by atomic mass is 9.79. The fraction of sp³-hybridized carbons (Fsp3) is 0.318. The molecule has 3 N–H and O–H groups in total. The molecule has 1 aromatic heterocycles. The van der Waals surface area contributed by atoms with Crippen molar-refractivity contribution in [1.29, 1.82) is 0 Å². The van der Waals surface area contributed by atoms with E-state index in [4.69, 9.17) is 5.73 Å². The van der Waals surface area contributed by atoms with E-state index in [1.54, 1.807) is 0 Å². The number of primary amides is 1. The number of hydrogen-bond acceptors (Lipinski definition) is 4. The molecule has 28 heavy (non-hydrogen) atoms. The van der Waals surface area contributed by atoms with Gasteiger partial charge in [0.1, 0.15) is 5.69 Å². The number of benzene rings is 2. The standard InChI is InChI=1S/C22H25N5O/c1-14-12-22(2,3)27(13-15-7-5-4-6-8-15)18-10-9-16(11-17(14)18)19-20(21(23)28)25-26-24-19/h4-11,14H,12-13H2,1-3H3,(H2,23,28)(H,24,25,26). The maximum atomic E-state index is 11.6. The number of aromatic nitrogens is 3. The van der Waals surface area contributed by atoms with Crippen molar-refractivity contribution in [3.8, 4) is 11.3 Å². The third kappa shape index (κ3) is 3.15. The van der Waals surface area contributed by atoms with Crippen LogP contribution in [-0.4, -0.2) is 26.9 Å². The lowest BCUT2D eigenvalue weighted by molar-refractivity contribution is 0.0996.